The highest BCUT2D eigenvalue weighted by atomic mass is 16.2. The SMILES string of the molecule is CCc1nc(C(N)=O)c(Nc2cccc([C@@H](C)CNC(=O)CN(C)C(=O)/C=C/CN3CCC3)c2)nc1C1CC1. The number of carbonyl (C=O) groups is 3. The van der Waals surface area contributed by atoms with E-state index in [9.17, 15) is 14.4 Å². The van der Waals surface area contributed by atoms with Crippen LogP contribution in [0.3, 0.4) is 0 Å². The highest BCUT2D eigenvalue weighted by Crippen LogP contribution is 2.41. The van der Waals surface area contributed by atoms with E-state index in [1.807, 2.05) is 44.2 Å². The summed E-state index contributed by atoms with van der Waals surface area (Å²) >= 11 is 0. The summed E-state index contributed by atoms with van der Waals surface area (Å²) in [4.78, 5) is 49.8. The van der Waals surface area contributed by atoms with Crippen molar-refractivity contribution in [3.05, 3.63) is 59.1 Å². The largest absolute Gasteiger partial charge is 0.364 e. The average molecular weight is 534 g/mol. The molecule has 208 valence electrons. The summed E-state index contributed by atoms with van der Waals surface area (Å²) in [7, 11) is 1.62. The predicted molar refractivity (Wildman–Crippen MR) is 151 cm³/mol. The van der Waals surface area contributed by atoms with E-state index >= 15 is 0 Å². The van der Waals surface area contributed by atoms with Gasteiger partial charge in [-0.1, -0.05) is 32.1 Å². The summed E-state index contributed by atoms with van der Waals surface area (Å²) in [5, 5.41) is 6.17. The van der Waals surface area contributed by atoms with Crippen LogP contribution in [0.1, 0.15) is 72.4 Å². The third-order valence-electron chi connectivity index (χ3n) is 7.18. The van der Waals surface area contributed by atoms with Crippen LogP contribution in [-0.2, 0) is 16.0 Å². The van der Waals surface area contributed by atoms with Gasteiger partial charge in [0.15, 0.2) is 11.5 Å². The summed E-state index contributed by atoms with van der Waals surface area (Å²) < 4.78 is 0. The molecule has 1 saturated carbocycles. The number of hydrogen-bond acceptors (Lipinski definition) is 7. The molecule has 2 fully saturated rings. The molecule has 10 nitrogen and oxygen atoms in total. The monoisotopic (exact) mass is 533 g/mol. The minimum Gasteiger partial charge on any atom is -0.364 e. The highest BCUT2D eigenvalue weighted by Gasteiger charge is 2.30. The van der Waals surface area contributed by atoms with Gasteiger partial charge in [-0.3, -0.25) is 19.3 Å². The molecule has 1 aliphatic carbocycles. The van der Waals surface area contributed by atoms with Gasteiger partial charge in [-0.05, 0) is 62.4 Å². The minimum absolute atomic E-state index is 0.00709. The molecule has 2 heterocycles. The number of nitrogens with two attached hydrogens (primary N) is 1. The lowest BCUT2D eigenvalue weighted by atomic mass is 10.0. The smallest absolute Gasteiger partial charge is 0.271 e. The summed E-state index contributed by atoms with van der Waals surface area (Å²) in [6.07, 6.45) is 7.44. The van der Waals surface area contributed by atoms with E-state index in [4.69, 9.17) is 10.7 Å². The fraction of sp³-hybridized carbons (Fsp3) is 0.483. The van der Waals surface area contributed by atoms with Crippen molar-refractivity contribution in [3.8, 4) is 0 Å². The van der Waals surface area contributed by atoms with Gasteiger partial charge in [0.25, 0.3) is 5.91 Å². The Bertz CT molecular complexity index is 1240. The van der Waals surface area contributed by atoms with Gasteiger partial charge in [0.1, 0.15) is 0 Å². The molecule has 1 aromatic heterocycles. The van der Waals surface area contributed by atoms with Gasteiger partial charge in [0.2, 0.25) is 11.8 Å². The number of amides is 3. The first-order valence-corrected chi connectivity index (χ1v) is 13.7. The number of rotatable bonds is 13. The summed E-state index contributed by atoms with van der Waals surface area (Å²) in [5.41, 5.74) is 9.27. The lowest BCUT2D eigenvalue weighted by molar-refractivity contribution is -0.131. The van der Waals surface area contributed by atoms with Crippen LogP contribution in [0.15, 0.2) is 36.4 Å². The second-order valence-electron chi connectivity index (χ2n) is 10.5. The lowest BCUT2D eigenvalue weighted by Gasteiger charge is -2.29. The van der Waals surface area contributed by atoms with Crippen LogP contribution >= 0.6 is 0 Å². The Balaban J connectivity index is 1.33. The number of likely N-dealkylation sites (N-methyl/N-ethyl adjacent to an activating group) is 1. The first kappa shape index (κ1) is 28.2. The van der Waals surface area contributed by atoms with E-state index in [1.165, 1.54) is 17.4 Å². The summed E-state index contributed by atoms with van der Waals surface area (Å²) in [5.74, 6) is -0.253. The second-order valence-corrected chi connectivity index (χ2v) is 10.5. The zero-order valence-electron chi connectivity index (χ0n) is 23.1. The first-order chi connectivity index (χ1) is 18.7. The number of anilines is 2. The normalized spacial score (nSPS) is 16.0. The third kappa shape index (κ3) is 7.63. The van der Waals surface area contributed by atoms with Crippen LogP contribution in [0.25, 0.3) is 0 Å². The number of hydrogen-bond donors (Lipinski definition) is 3. The van der Waals surface area contributed by atoms with Gasteiger partial charge < -0.3 is 21.3 Å². The van der Waals surface area contributed by atoms with Crippen LogP contribution in [-0.4, -0.2) is 77.3 Å². The Morgan fingerprint density at radius 3 is 2.64 bits per heavy atom. The molecule has 0 radical (unpaired) electrons. The summed E-state index contributed by atoms with van der Waals surface area (Å²) in [6.45, 7) is 7.33. The zero-order chi connectivity index (χ0) is 27.9. The first-order valence-electron chi connectivity index (χ1n) is 13.7. The molecule has 4 rings (SSSR count). The predicted octanol–water partition coefficient (Wildman–Crippen LogP) is 2.70. The number of nitrogens with one attached hydrogen (secondary N) is 2. The summed E-state index contributed by atoms with van der Waals surface area (Å²) in [6, 6.07) is 7.75. The molecule has 10 heteroatoms. The molecule has 1 atom stereocenters. The molecule has 4 N–H and O–H groups in total. The van der Waals surface area contributed by atoms with Crippen LogP contribution in [0.2, 0.25) is 0 Å². The van der Waals surface area contributed by atoms with Crippen LogP contribution in [0, 0.1) is 0 Å². The van der Waals surface area contributed by atoms with Gasteiger partial charge in [0, 0.05) is 37.8 Å². The van der Waals surface area contributed by atoms with Crippen molar-refractivity contribution in [2.24, 2.45) is 5.73 Å². The average Bonchev–Trinajstić information content (AvgIpc) is 3.73. The number of benzene rings is 1. The van der Waals surface area contributed by atoms with E-state index in [1.54, 1.807) is 7.05 Å². The Labute approximate surface area is 230 Å². The van der Waals surface area contributed by atoms with Gasteiger partial charge in [-0.25, -0.2) is 9.97 Å². The highest BCUT2D eigenvalue weighted by molar-refractivity contribution is 5.96. The third-order valence-corrected chi connectivity index (χ3v) is 7.18. The number of nitrogens with zero attached hydrogens (tertiary/aromatic N) is 4. The Kier molecular flexibility index (Phi) is 9.29. The molecule has 2 aliphatic rings. The standard InChI is InChI=1S/C29H39N7O3/c1-4-23-26(20-11-12-20)34-29(27(33-23)28(30)39)32-22-9-5-8-21(16-22)19(2)17-31-24(37)18-35(3)25(38)10-6-13-36-14-7-15-36/h5-6,8-10,16,19-20H,4,7,11-15,17-18H2,1-3H3,(H2,30,39)(H,31,37)(H,32,34)/b10-6+/t19-/m0/s1. The van der Waals surface area contributed by atoms with Crippen molar-refractivity contribution in [3.63, 3.8) is 0 Å². The van der Waals surface area contributed by atoms with E-state index in [2.05, 4.69) is 20.5 Å². The van der Waals surface area contributed by atoms with Crippen molar-refractivity contribution in [1.29, 1.82) is 0 Å². The Morgan fingerprint density at radius 2 is 2.00 bits per heavy atom. The zero-order valence-corrected chi connectivity index (χ0v) is 23.1. The van der Waals surface area contributed by atoms with E-state index in [-0.39, 0.29) is 30.0 Å². The number of primary amides is 1. The fourth-order valence-electron chi connectivity index (χ4n) is 4.47. The molecular formula is C29H39N7O3. The minimum atomic E-state index is -0.621. The Morgan fingerprint density at radius 1 is 1.23 bits per heavy atom. The molecule has 1 saturated heterocycles. The van der Waals surface area contributed by atoms with E-state index in [0.717, 1.165) is 55.1 Å². The van der Waals surface area contributed by atoms with Crippen LogP contribution < -0.4 is 16.4 Å². The molecule has 0 unspecified atom stereocenters. The molecule has 1 aliphatic heterocycles. The van der Waals surface area contributed by atoms with Crippen molar-refractivity contribution >= 4 is 29.2 Å². The molecule has 0 spiro atoms. The lowest BCUT2D eigenvalue weighted by Crippen LogP contribution is -2.39. The number of likely N-dealkylation sites (tertiary alicyclic amines) is 1. The van der Waals surface area contributed by atoms with Crippen molar-refractivity contribution in [1.82, 2.24) is 25.1 Å². The van der Waals surface area contributed by atoms with Gasteiger partial charge >= 0.3 is 0 Å². The molecular weight excluding hydrogens is 494 g/mol. The number of carbonyl (C=O) groups excluding carboxylic acids is 3. The quantitative estimate of drug-likeness (QED) is 0.337. The van der Waals surface area contributed by atoms with Crippen molar-refractivity contribution in [2.45, 2.75) is 51.4 Å². The van der Waals surface area contributed by atoms with Gasteiger partial charge in [0.05, 0.1) is 17.9 Å². The van der Waals surface area contributed by atoms with E-state index in [0.29, 0.717) is 24.7 Å². The molecule has 2 aromatic rings. The maximum absolute atomic E-state index is 12.5. The van der Waals surface area contributed by atoms with Crippen molar-refractivity contribution < 1.29 is 14.4 Å². The van der Waals surface area contributed by atoms with Crippen LogP contribution in [0.4, 0.5) is 11.5 Å². The van der Waals surface area contributed by atoms with Gasteiger partial charge in [-0.15, -0.1) is 0 Å². The molecule has 3 amide bonds. The van der Waals surface area contributed by atoms with Crippen LogP contribution in [0.5, 0.6) is 0 Å². The molecule has 39 heavy (non-hydrogen) atoms. The maximum Gasteiger partial charge on any atom is 0.271 e. The fourth-order valence-corrected chi connectivity index (χ4v) is 4.47. The Hall–Kier alpha value is -3.79. The number of aromatic nitrogens is 2. The second kappa shape index (κ2) is 12.8. The maximum atomic E-state index is 12.5. The van der Waals surface area contributed by atoms with Gasteiger partial charge in [-0.2, -0.15) is 0 Å². The molecule has 0 bridgehead atoms. The van der Waals surface area contributed by atoms with E-state index < -0.39 is 5.91 Å². The topological polar surface area (TPSA) is 134 Å². The number of aryl methyl sites for hydroxylation is 1. The van der Waals surface area contributed by atoms with Crippen molar-refractivity contribution in [2.75, 3.05) is 45.1 Å². The molecule has 1 aromatic carbocycles.